The first-order valence-electron chi connectivity index (χ1n) is 6.35. The van der Waals surface area contributed by atoms with Crippen molar-refractivity contribution in [1.82, 2.24) is 0 Å². The van der Waals surface area contributed by atoms with Gasteiger partial charge in [0.15, 0.2) is 0 Å². The van der Waals surface area contributed by atoms with Crippen LogP contribution in [-0.2, 0) is 4.74 Å². The van der Waals surface area contributed by atoms with Crippen LogP contribution >= 0.6 is 0 Å². The molecule has 2 unspecified atom stereocenters. The number of ether oxygens (including phenoxy) is 1. The summed E-state index contributed by atoms with van der Waals surface area (Å²) in [7, 11) is 0. The number of hydrogen-bond acceptors (Lipinski definition) is 1. The maximum absolute atomic E-state index is 13.9. The fourth-order valence-corrected chi connectivity index (χ4v) is 2.05. The summed E-state index contributed by atoms with van der Waals surface area (Å²) >= 11 is 0. The quantitative estimate of drug-likeness (QED) is 0.435. The molecule has 1 fully saturated rings. The lowest BCUT2D eigenvalue weighted by atomic mass is 9.81. The fraction of sp³-hybridized carbons (Fsp3) is 1.00. The van der Waals surface area contributed by atoms with Crippen molar-refractivity contribution in [3.63, 3.8) is 0 Å². The number of hydrogen-bond donors (Lipinski definition) is 0. The lowest BCUT2D eigenvalue weighted by molar-refractivity contribution is -0.533. The summed E-state index contributed by atoms with van der Waals surface area (Å²) in [5.74, 6) is -48.6. The third kappa shape index (κ3) is 2.63. The third-order valence-corrected chi connectivity index (χ3v) is 3.78. The van der Waals surface area contributed by atoms with Crippen molar-refractivity contribution >= 4 is 0 Å². The number of rotatable bonds is 3. The van der Waals surface area contributed by atoms with E-state index in [-0.39, 0.29) is 0 Å². The molecule has 0 bridgehead atoms. The van der Waals surface area contributed by atoms with Crippen molar-refractivity contribution in [3.8, 4) is 0 Å². The Balaban J connectivity index is 3.93. The van der Waals surface area contributed by atoms with Crippen LogP contribution < -0.4 is 0 Å². The second kappa shape index (κ2) is 6.11. The molecule has 0 saturated carbocycles. The molecule has 180 valence electrons. The molecular weight excluding hydrogens is 497 g/mol. The molecular formula is C10HF19O. The Bertz CT molecular complexity index is 658. The molecule has 1 aliphatic rings. The van der Waals surface area contributed by atoms with Gasteiger partial charge >= 0.3 is 53.5 Å². The Labute approximate surface area is 149 Å². The molecule has 0 amide bonds. The third-order valence-electron chi connectivity index (χ3n) is 3.78. The lowest BCUT2D eigenvalue weighted by Gasteiger charge is -2.51. The average Bonchev–Trinajstić information content (AvgIpc) is 2.49. The van der Waals surface area contributed by atoms with E-state index in [4.69, 9.17) is 0 Å². The zero-order valence-corrected chi connectivity index (χ0v) is 12.7. The van der Waals surface area contributed by atoms with E-state index in [1.165, 1.54) is 0 Å². The highest BCUT2D eigenvalue weighted by molar-refractivity contribution is 5.21. The Morgan fingerprint density at radius 1 is 0.567 bits per heavy atom. The van der Waals surface area contributed by atoms with Gasteiger partial charge in [0, 0.05) is 0 Å². The van der Waals surface area contributed by atoms with Crippen LogP contribution in [-0.4, -0.2) is 59.8 Å². The summed E-state index contributed by atoms with van der Waals surface area (Å²) in [6.07, 6.45) is -22.2. The number of alkyl halides is 19. The van der Waals surface area contributed by atoms with Crippen LogP contribution in [0.1, 0.15) is 0 Å². The van der Waals surface area contributed by atoms with Crippen molar-refractivity contribution in [2.24, 2.45) is 0 Å². The molecule has 2 atom stereocenters. The SMILES string of the molecule is FC1OC(F)(C(F)(F)C(F)(F)C(F)(C(F)(F)F)C(F)(F)F)C(F)(F)C(F)(F)C1(F)F. The normalized spacial score (nSPS) is 30.3. The summed E-state index contributed by atoms with van der Waals surface area (Å²) in [5, 5.41) is 0. The van der Waals surface area contributed by atoms with Gasteiger partial charge in [0.25, 0.3) is 6.36 Å². The second-order valence-corrected chi connectivity index (χ2v) is 5.60. The Kier molecular flexibility index (Phi) is 5.43. The van der Waals surface area contributed by atoms with Crippen LogP contribution in [0.5, 0.6) is 0 Å². The van der Waals surface area contributed by atoms with Crippen molar-refractivity contribution in [3.05, 3.63) is 0 Å². The van der Waals surface area contributed by atoms with Gasteiger partial charge in [-0.05, 0) is 0 Å². The maximum atomic E-state index is 13.9. The fourth-order valence-electron chi connectivity index (χ4n) is 2.05. The molecule has 1 aliphatic heterocycles. The maximum Gasteiger partial charge on any atom is 0.438 e. The molecule has 0 aromatic heterocycles. The molecule has 1 heterocycles. The molecule has 1 nitrogen and oxygen atoms in total. The molecule has 0 aromatic carbocycles. The molecule has 0 aromatic rings. The Hall–Kier alpha value is -1.37. The zero-order chi connectivity index (χ0) is 24.8. The summed E-state index contributed by atoms with van der Waals surface area (Å²) in [6, 6.07) is 0. The van der Waals surface area contributed by atoms with E-state index < -0.39 is 59.8 Å². The summed E-state index contributed by atoms with van der Waals surface area (Å²) in [6.45, 7) is 0. The smallest absolute Gasteiger partial charge is 0.295 e. The minimum atomic E-state index is -8.85. The standard InChI is InChI=1S/C10HF19O/c11-1-2(12,13)4(15,16)6(19,20)8(23,30-1)7(21,22)5(17,18)3(14,9(24,25)26)10(27,28)29/h1H. The molecule has 0 N–H and O–H groups in total. The van der Waals surface area contributed by atoms with Gasteiger partial charge < -0.3 is 0 Å². The van der Waals surface area contributed by atoms with Crippen molar-refractivity contribution < 1.29 is 88.2 Å². The van der Waals surface area contributed by atoms with E-state index in [1.54, 1.807) is 4.74 Å². The van der Waals surface area contributed by atoms with E-state index in [2.05, 4.69) is 0 Å². The molecule has 0 radical (unpaired) electrons. The van der Waals surface area contributed by atoms with E-state index in [1.807, 2.05) is 0 Å². The Morgan fingerprint density at radius 3 is 1.20 bits per heavy atom. The summed E-state index contributed by atoms with van der Waals surface area (Å²) in [5.41, 5.74) is -8.64. The van der Waals surface area contributed by atoms with E-state index >= 15 is 0 Å². The first-order valence-corrected chi connectivity index (χ1v) is 6.35. The molecule has 0 spiro atoms. The van der Waals surface area contributed by atoms with Gasteiger partial charge in [-0.3, -0.25) is 4.74 Å². The monoisotopic (exact) mass is 498 g/mol. The predicted octanol–water partition coefficient (Wildman–Crippen LogP) is 5.99. The van der Waals surface area contributed by atoms with Crippen LogP contribution in [0.4, 0.5) is 83.4 Å². The van der Waals surface area contributed by atoms with Gasteiger partial charge in [-0.25, -0.2) is 8.78 Å². The first kappa shape index (κ1) is 26.7. The van der Waals surface area contributed by atoms with Crippen molar-refractivity contribution in [1.29, 1.82) is 0 Å². The van der Waals surface area contributed by atoms with Crippen molar-refractivity contribution in [2.75, 3.05) is 0 Å². The molecule has 1 rings (SSSR count). The Morgan fingerprint density at radius 2 is 0.900 bits per heavy atom. The largest absolute Gasteiger partial charge is 0.438 e. The van der Waals surface area contributed by atoms with Crippen molar-refractivity contribution in [2.45, 2.75) is 59.8 Å². The molecule has 0 aliphatic carbocycles. The highest BCUT2D eigenvalue weighted by Crippen LogP contribution is 2.68. The van der Waals surface area contributed by atoms with Crippen LogP contribution in [0.15, 0.2) is 0 Å². The van der Waals surface area contributed by atoms with Crippen LogP contribution in [0, 0.1) is 0 Å². The van der Waals surface area contributed by atoms with E-state index in [9.17, 15) is 83.4 Å². The van der Waals surface area contributed by atoms with E-state index in [0.29, 0.717) is 0 Å². The lowest BCUT2D eigenvalue weighted by Crippen LogP contribution is -2.82. The highest BCUT2D eigenvalue weighted by atomic mass is 19.4. The van der Waals surface area contributed by atoms with Gasteiger partial charge in [-0.1, -0.05) is 0 Å². The number of halogens is 19. The summed E-state index contributed by atoms with van der Waals surface area (Å²) < 4.78 is 247. The van der Waals surface area contributed by atoms with Crippen LogP contribution in [0.3, 0.4) is 0 Å². The van der Waals surface area contributed by atoms with Gasteiger partial charge in [0.1, 0.15) is 0 Å². The molecule has 30 heavy (non-hydrogen) atoms. The highest BCUT2D eigenvalue weighted by Gasteiger charge is 3.00. The van der Waals surface area contributed by atoms with Gasteiger partial charge in [0.05, 0.1) is 0 Å². The van der Waals surface area contributed by atoms with Crippen LogP contribution in [0.25, 0.3) is 0 Å². The topological polar surface area (TPSA) is 9.23 Å². The minimum Gasteiger partial charge on any atom is -0.295 e. The first-order chi connectivity index (χ1) is 12.6. The van der Waals surface area contributed by atoms with E-state index in [0.717, 1.165) is 0 Å². The van der Waals surface area contributed by atoms with Gasteiger partial charge in [-0.15, -0.1) is 0 Å². The average molecular weight is 498 g/mol. The zero-order valence-electron chi connectivity index (χ0n) is 12.7. The molecule has 1 saturated heterocycles. The van der Waals surface area contributed by atoms with Gasteiger partial charge in [0.2, 0.25) is 0 Å². The molecule has 20 heteroatoms. The van der Waals surface area contributed by atoms with Crippen LogP contribution in [0.2, 0.25) is 0 Å². The minimum absolute atomic E-state index is 1.77. The predicted molar refractivity (Wildman–Crippen MR) is 50.5 cm³/mol. The second-order valence-electron chi connectivity index (χ2n) is 5.60. The van der Waals surface area contributed by atoms with Gasteiger partial charge in [-0.2, -0.15) is 74.6 Å². The summed E-state index contributed by atoms with van der Waals surface area (Å²) in [4.78, 5) is 0.